The van der Waals surface area contributed by atoms with Crippen molar-refractivity contribution in [1.82, 2.24) is 15.5 Å². The number of rotatable bonds is 7. The first-order chi connectivity index (χ1) is 13.6. The van der Waals surface area contributed by atoms with E-state index in [1.165, 1.54) is 5.56 Å². The van der Waals surface area contributed by atoms with Crippen molar-refractivity contribution < 1.29 is 14.7 Å². The first-order valence-electron chi connectivity index (χ1n) is 9.70. The van der Waals surface area contributed by atoms with Gasteiger partial charge in [-0.05, 0) is 24.0 Å². The summed E-state index contributed by atoms with van der Waals surface area (Å²) in [6.45, 7) is 2.73. The predicted octanol–water partition coefficient (Wildman–Crippen LogP) is 2.65. The topological polar surface area (TPSA) is 81.7 Å². The van der Waals surface area contributed by atoms with Crippen LogP contribution in [-0.4, -0.2) is 47.2 Å². The van der Waals surface area contributed by atoms with E-state index >= 15 is 0 Å². The lowest BCUT2D eigenvalue weighted by Crippen LogP contribution is -2.52. The molecule has 2 aromatic carbocycles. The molecule has 1 unspecified atom stereocenters. The van der Waals surface area contributed by atoms with Crippen LogP contribution in [0.5, 0.6) is 0 Å². The molecule has 3 rings (SSSR count). The molecule has 1 saturated heterocycles. The second-order valence-corrected chi connectivity index (χ2v) is 7.23. The number of carbonyl (C=O) groups is 2. The minimum Gasteiger partial charge on any atom is -0.480 e. The Morgan fingerprint density at radius 2 is 1.54 bits per heavy atom. The molecule has 1 heterocycles. The van der Waals surface area contributed by atoms with E-state index in [1.807, 2.05) is 48.5 Å². The number of hydrogen-bond acceptors (Lipinski definition) is 3. The van der Waals surface area contributed by atoms with E-state index in [1.54, 1.807) is 0 Å². The van der Waals surface area contributed by atoms with Gasteiger partial charge in [-0.2, -0.15) is 0 Å². The normalized spacial score (nSPS) is 16.3. The SMILES string of the molecule is O=C(NC1CCN(Cc2ccccc2)CC1)NC(Cc1ccccc1)C(=O)O. The molecule has 1 atom stereocenters. The summed E-state index contributed by atoms with van der Waals surface area (Å²) in [6.07, 6.45) is 1.98. The number of nitrogens with one attached hydrogen (secondary N) is 2. The highest BCUT2D eigenvalue weighted by Gasteiger charge is 2.24. The highest BCUT2D eigenvalue weighted by Crippen LogP contribution is 2.14. The Hall–Kier alpha value is -2.86. The fourth-order valence-electron chi connectivity index (χ4n) is 3.51. The van der Waals surface area contributed by atoms with Crippen molar-refractivity contribution in [1.29, 1.82) is 0 Å². The number of aliphatic carboxylic acids is 1. The zero-order valence-electron chi connectivity index (χ0n) is 15.9. The Morgan fingerprint density at radius 3 is 2.11 bits per heavy atom. The molecular formula is C22H27N3O3. The highest BCUT2D eigenvalue weighted by atomic mass is 16.4. The van der Waals surface area contributed by atoms with Crippen LogP contribution in [0.1, 0.15) is 24.0 Å². The first kappa shape index (κ1) is 19.9. The van der Waals surface area contributed by atoms with Crippen LogP contribution in [0.15, 0.2) is 60.7 Å². The van der Waals surface area contributed by atoms with E-state index in [9.17, 15) is 14.7 Å². The van der Waals surface area contributed by atoms with Gasteiger partial charge in [0.05, 0.1) is 0 Å². The van der Waals surface area contributed by atoms with Gasteiger partial charge in [0.2, 0.25) is 0 Å². The Morgan fingerprint density at radius 1 is 0.964 bits per heavy atom. The molecule has 0 radical (unpaired) electrons. The second-order valence-electron chi connectivity index (χ2n) is 7.23. The van der Waals surface area contributed by atoms with Gasteiger partial charge in [0.15, 0.2) is 0 Å². The molecule has 0 saturated carbocycles. The second kappa shape index (κ2) is 9.90. The van der Waals surface area contributed by atoms with E-state index in [0.717, 1.165) is 38.0 Å². The van der Waals surface area contributed by atoms with Crippen LogP contribution in [0.25, 0.3) is 0 Å². The van der Waals surface area contributed by atoms with Crippen LogP contribution >= 0.6 is 0 Å². The van der Waals surface area contributed by atoms with Crippen LogP contribution < -0.4 is 10.6 Å². The van der Waals surface area contributed by atoms with Crippen LogP contribution in [0, 0.1) is 0 Å². The molecule has 2 amide bonds. The maximum Gasteiger partial charge on any atom is 0.326 e. The van der Waals surface area contributed by atoms with Gasteiger partial charge in [-0.15, -0.1) is 0 Å². The van der Waals surface area contributed by atoms with Crippen LogP contribution in [0.3, 0.4) is 0 Å². The first-order valence-corrected chi connectivity index (χ1v) is 9.70. The number of hydrogen-bond donors (Lipinski definition) is 3. The van der Waals surface area contributed by atoms with Gasteiger partial charge < -0.3 is 15.7 Å². The number of amides is 2. The van der Waals surface area contributed by atoms with E-state index in [2.05, 4.69) is 27.7 Å². The number of carboxylic acids is 1. The van der Waals surface area contributed by atoms with Gasteiger partial charge in [0.25, 0.3) is 0 Å². The van der Waals surface area contributed by atoms with E-state index in [4.69, 9.17) is 0 Å². The third kappa shape index (κ3) is 6.09. The number of nitrogens with zero attached hydrogens (tertiary/aromatic N) is 1. The summed E-state index contributed by atoms with van der Waals surface area (Å²) in [4.78, 5) is 26.2. The fraction of sp³-hybridized carbons (Fsp3) is 0.364. The molecular weight excluding hydrogens is 354 g/mol. The van der Waals surface area contributed by atoms with E-state index in [0.29, 0.717) is 0 Å². The molecule has 2 aromatic rings. The molecule has 1 aliphatic rings. The standard InChI is InChI=1S/C22H27N3O3/c26-21(27)20(15-17-7-3-1-4-8-17)24-22(28)23-19-11-13-25(14-12-19)16-18-9-5-2-6-10-18/h1-10,19-20H,11-16H2,(H,26,27)(H2,23,24,28). The Kier molecular flexibility index (Phi) is 7.03. The lowest BCUT2D eigenvalue weighted by Gasteiger charge is -2.32. The fourth-order valence-corrected chi connectivity index (χ4v) is 3.51. The molecule has 0 bridgehead atoms. The summed E-state index contributed by atoms with van der Waals surface area (Å²) in [5.74, 6) is -1.03. The third-order valence-electron chi connectivity index (χ3n) is 5.06. The molecule has 6 nitrogen and oxygen atoms in total. The molecule has 148 valence electrons. The van der Waals surface area contributed by atoms with Crippen molar-refractivity contribution in [3.05, 3.63) is 71.8 Å². The molecule has 0 aliphatic carbocycles. The molecule has 6 heteroatoms. The van der Waals surface area contributed by atoms with Crippen molar-refractivity contribution in [2.45, 2.75) is 37.9 Å². The summed E-state index contributed by atoms with van der Waals surface area (Å²) in [5, 5.41) is 14.9. The lowest BCUT2D eigenvalue weighted by molar-refractivity contribution is -0.139. The summed E-state index contributed by atoms with van der Waals surface area (Å²) < 4.78 is 0. The van der Waals surface area contributed by atoms with Crippen molar-refractivity contribution in [2.24, 2.45) is 0 Å². The van der Waals surface area contributed by atoms with Crippen LogP contribution in [-0.2, 0) is 17.8 Å². The summed E-state index contributed by atoms with van der Waals surface area (Å²) >= 11 is 0. The van der Waals surface area contributed by atoms with Gasteiger partial charge >= 0.3 is 12.0 Å². The number of benzene rings is 2. The largest absolute Gasteiger partial charge is 0.480 e. The average Bonchev–Trinajstić information content (AvgIpc) is 2.70. The third-order valence-corrected chi connectivity index (χ3v) is 5.06. The molecule has 1 aliphatic heterocycles. The van der Waals surface area contributed by atoms with Crippen LogP contribution in [0.4, 0.5) is 4.79 Å². The van der Waals surface area contributed by atoms with Crippen molar-refractivity contribution >= 4 is 12.0 Å². The van der Waals surface area contributed by atoms with Crippen molar-refractivity contribution in [2.75, 3.05) is 13.1 Å². The number of carbonyl (C=O) groups excluding carboxylic acids is 1. The lowest BCUT2D eigenvalue weighted by atomic mass is 10.0. The Balaban J connectivity index is 1.43. The van der Waals surface area contributed by atoms with E-state index < -0.39 is 18.0 Å². The molecule has 28 heavy (non-hydrogen) atoms. The van der Waals surface area contributed by atoms with Gasteiger partial charge in [-0.1, -0.05) is 60.7 Å². The van der Waals surface area contributed by atoms with Gasteiger partial charge in [0.1, 0.15) is 6.04 Å². The van der Waals surface area contributed by atoms with Gasteiger partial charge in [-0.25, -0.2) is 9.59 Å². The predicted molar refractivity (Wildman–Crippen MR) is 108 cm³/mol. The number of likely N-dealkylation sites (tertiary alicyclic amines) is 1. The Labute approximate surface area is 165 Å². The molecule has 0 aromatic heterocycles. The highest BCUT2D eigenvalue weighted by molar-refractivity contribution is 5.82. The Bertz CT molecular complexity index is 759. The molecule has 3 N–H and O–H groups in total. The van der Waals surface area contributed by atoms with Gasteiger partial charge in [-0.3, -0.25) is 4.90 Å². The number of carboxylic acid groups (broad SMARTS) is 1. The molecule has 1 fully saturated rings. The van der Waals surface area contributed by atoms with Gasteiger partial charge in [0, 0.05) is 32.1 Å². The zero-order chi connectivity index (χ0) is 19.8. The number of piperidine rings is 1. The maximum absolute atomic E-state index is 12.3. The van der Waals surface area contributed by atoms with Crippen molar-refractivity contribution in [3.8, 4) is 0 Å². The monoisotopic (exact) mass is 381 g/mol. The summed E-state index contributed by atoms with van der Waals surface area (Å²) in [5.41, 5.74) is 2.17. The summed E-state index contributed by atoms with van der Waals surface area (Å²) in [7, 11) is 0. The minimum atomic E-state index is -1.03. The van der Waals surface area contributed by atoms with E-state index in [-0.39, 0.29) is 12.5 Å². The minimum absolute atomic E-state index is 0.0678. The smallest absolute Gasteiger partial charge is 0.326 e. The average molecular weight is 381 g/mol. The zero-order valence-corrected chi connectivity index (χ0v) is 15.9. The maximum atomic E-state index is 12.3. The summed E-state index contributed by atoms with van der Waals surface area (Å²) in [6, 6.07) is 18.4. The molecule has 0 spiro atoms. The van der Waals surface area contributed by atoms with Crippen LogP contribution in [0.2, 0.25) is 0 Å². The van der Waals surface area contributed by atoms with Crippen molar-refractivity contribution in [3.63, 3.8) is 0 Å². The quantitative estimate of drug-likeness (QED) is 0.689. The number of urea groups is 1.